The van der Waals surface area contributed by atoms with Crippen LogP contribution in [0.1, 0.15) is 10.4 Å². The number of benzene rings is 2. The summed E-state index contributed by atoms with van der Waals surface area (Å²) >= 11 is 0. The second-order valence-electron chi connectivity index (χ2n) is 4.23. The Morgan fingerprint density at radius 1 is 1.14 bits per heavy atom. The lowest BCUT2D eigenvalue weighted by Crippen LogP contribution is -2.20. The standard InChI is InChI=1S/C16H15NO4/c1-20-14-8-7-12(10-18)9-15(14)21-11-16(19)17-13-5-3-2-4-6-13/h2-10H,11H2,1H3,(H,17,19). The number of nitrogens with one attached hydrogen (secondary N) is 1. The van der Waals surface area contributed by atoms with Gasteiger partial charge >= 0.3 is 0 Å². The van der Waals surface area contributed by atoms with Crippen LogP contribution in [0.25, 0.3) is 0 Å². The van der Waals surface area contributed by atoms with Gasteiger partial charge in [0.05, 0.1) is 7.11 Å². The highest BCUT2D eigenvalue weighted by Crippen LogP contribution is 2.27. The molecule has 2 aromatic carbocycles. The number of rotatable bonds is 6. The van der Waals surface area contributed by atoms with E-state index in [4.69, 9.17) is 9.47 Å². The Balaban J connectivity index is 1.99. The van der Waals surface area contributed by atoms with Crippen LogP contribution in [-0.4, -0.2) is 25.9 Å². The Morgan fingerprint density at radius 3 is 2.57 bits per heavy atom. The average Bonchev–Trinajstić information content (AvgIpc) is 2.53. The van der Waals surface area contributed by atoms with Crippen LogP contribution in [0.2, 0.25) is 0 Å². The molecule has 2 rings (SSSR count). The molecule has 108 valence electrons. The van der Waals surface area contributed by atoms with Crippen LogP contribution in [0, 0.1) is 0 Å². The first-order valence-electron chi connectivity index (χ1n) is 6.34. The van der Waals surface area contributed by atoms with Gasteiger partial charge in [0.25, 0.3) is 5.91 Å². The molecule has 0 saturated heterocycles. The van der Waals surface area contributed by atoms with Gasteiger partial charge in [0.1, 0.15) is 6.29 Å². The maximum Gasteiger partial charge on any atom is 0.262 e. The topological polar surface area (TPSA) is 64.6 Å². The van der Waals surface area contributed by atoms with Crippen LogP contribution >= 0.6 is 0 Å². The summed E-state index contributed by atoms with van der Waals surface area (Å²) in [7, 11) is 1.49. The van der Waals surface area contributed by atoms with Crippen molar-refractivity contribution in [2.24, 2.45) is 0 Å². The lowest BCUT2D eigenvalue weighted by molar-refractivity contribution is -0.118. The molecule has 1 N–H and O–H groups in total. The van der Waals surface area contributed by atoms with Crippen molar-refractivity contribution < 1.29 is 19.1 Å². The van der Waals surface area contributed by atoms with Crippen LogP contribution in [0.15, 0.2) is 48.5 Å². The summed E-state index contributed by atoms with van der Waals surface area (Å²) in [5, 5.41) is 2.70. The van der Waals surface area contributed by atoms with Crippen molar-refractivity contribution >= 4 is 17.9 Å². The smallest absolute Gasteiger partial charge is 0.262 e. The van der Waals surface area contributed by atoms with Crippen LogP contribution in [0.3, 0.4) is 0 Å². The number of anilines is 1. The normalized spacial score (nSPS) is 9.76. The molecular weight excluding hydrogens is 270 g/mol. The first-order chi connectivity index (χ1) is 10.2. The number of hydrogen-bond donors (Lipinski definition) is 1. The monoisotopic (exact) mass is 285 g/mol. The first-order valence-corrected chi connectivity index (χ1v) is 6.34. The molecule has 5 nitrogen and oxygen atoms in total. The number of amides is 1. The highest BCUT2D eigenvalue weighted by molar-refractivity contribution is 5.91. The largest absolute Gasteiger partial charge is 0.493 e. The molecule has 0 spiro atoms. The Morgan fingerprint density at radius 2 is 1.90 bits per heavy atom. The second kappa shape index (κ2) is 7.09. The summed E-state index contributed by atoms with van der Waals surface area (Å²) in [6.07, 6.45) is 0.705. The number of methoxy groups -OCH3 is 1. The Kier molecular flexibility index (Phi) is 4.93. The molecule has 5 heteroatoms. The maximum atomic E-state index is 11.8. The highest BCUT2D eigenvalue weighted by Gasteiger charge is 2.09. The van der Waals surface area contributed by atoms with E-state index in [-0.39, 0.29) is 12.5 Å². The predicted octanol–water partition coefficient (Wildman–Crippen LogP) is 2.53. The average molecular weight is 285 g/mol. The van der Waals surface area contributed by atoms with Crippen molar-refractivity contribution in [3.05, 3.63) is 54.1 Å². The summed E-state index contributed by atoms with van der Waals surface area (Å²) in [6, 6.07) is 13.8. The van der Waals surface area contributed by atoms with Gasteiger partial charge in [-0.3, -0.25) is 9.59 Å². The molecular formula is C16H15NO4. The van der Waals surface area contributed by atoms with E-state index in [1.165, 1.54) is 13.2 Å². The zero-order valence-corrected chi connectivity index (χ0v) is 11.5. The summed E-state index contributed by atoms with van der Waals surface area (Å²) in [6.45, 7) is -0.173. The quantitative estimate of drug-likeness (QED) is 0.828. The highest BCUT2D eigenvalue weighted by atomic mass is 16.5. The van der Waals surface area contributed by atoms with E-state index in [2.05, 4.69) is 5.32 Å². The molecule has 0 aromatic heterocycles. The number of ether oxygens (including phenoxy) is 2. The summed E-state index contributed by atoms with van der Waals surface area (Å²) < 4.78 is 10.5. The van der Waals surface area contributed by atoms with Gasteiger partial charge in [0, 0.05) is 11.3 Å². The van der Waals surface area contributed by atoms with E-state index in [0.29, 0.717) is 29.0 Å². The Hall–Kier alpha value is -2.82. The molecule has 0 unspecified atom stereocenters. The summed E-state index contributed by atoms with van der Waals surface area (Å²) in [4.78, 5) is 22.6. The maximum absolute atomic E-state index is 11.8. The van der Waals surface area contributed by atoms with Crippen molar-refractivity contribution in [1.29, 1.82) is 0 Å². The van der Waals surface area contributed by atoms with Crippen molar-refractivity contribution in [3.63, 3.8) is 0 Å². The Bertz CT molecular complexity index is 625. The van der Waals surface area contributed by atoms with Gasteiger partial charge in [-0.1, -0.05) is 18.2 Å². The lowest BCUT2D eigenvalue weighted by Gasteiger charge is -2.11. The second-order valence-corrected chi connectivity index (χ2v) is 4.23. The minimum Gasteiger partial charge on any atom is -0.493 e. The molecule has 0 bridgehead atoms. The van der Waals surface area contributed by atoms with Crippen molar-refractivity contribution in [3.8, 4) is 11.5 Å². The zero-order valence-electron chi connectivity index (χ0n) is 11.5. The molecule has 0 fully saturated rings. The fourth-order valence-electron chi connectivity index (χ4n) is 1.74. The Labute approximate surface area is 122 Å². The summed E-state index contributed by atoms with van der Waals surface area (Å²) in [5.74, 6) is 0.526. The first kappa shape index (κ1) is 14.6. The predicted molar refractivity (Wildman–Crippen MR) is 78.9 cm³/mol. The summed E-state index contributed by atoms with van der Waals surface area (Å²) in [5.41, 5.74) is 1.15. The molecule has 0 heterocycles. The van der Waals surface area contributed by atoms with Gasteiger partial charge in [0.15, 0.2) is 18.1 Å². The van der Waals surface area contributed by atoms with Crippen LogP contribution < -0.4 is 14.8 Å². The molecule has 0 atom stereocenters. The van der Waals surface area contributed by atoms with Crippen LogP contribution in [0.4, 0.5) is 5.69 Å². The zero-order chi connectivity index (χ0) is 15.1. The number of aldehydes is 1. The van der Waals surface area contributed by atoms with Gasteiger partial charge in [-0.05, 0) is 30.3 Å². The SMILES string of the molecule is COc1ccc(C=O)cc1OCC(=O)Nc1ccccc1. The van der Waals surface area contributed by atoms with Crippen LogP contribution in [-0.2, 0) is 4.79 Å². The fourth-order valence-corrected chi connectivity index (χ4v) is 1.74. The third-order valence-corrected chi connectivity index (χ3v) is 2.74. The molecule has 0 aliphatic carbocycles. The molecule has 0 saturated carbocycles. The number of hydrogen-bond acceptors (Lipinski definition) is 4. The van der Waals surface area contributed by atoms with Gasteiger partial charge < -0.3 is 14.8 Å². The molecule has 0 aliphatic rings. The van der Waals surface area contributed by atoms with Gasteiger partial charge in [0.2, 0.25) is 0 Å². The van der Waals surface area contributed by atoms with E-state index in [1.54, 1.807) is 24.3 Å². The van der Waals surface area contributed by atoms with Gasteiger partial charge in [-0.25, -0.2) is 0 Å². The number of carbonyl (C=O) groups is 2. The van der Waals surface area contributed by atoms with E-state index >= 15 is 0 Å². The van der Waals surface area contributed by atoms with Crippen LogP contribution in [0.5, 0.6) is 11.5 Å². The van der Waals surface area contributed by atoms with E-state index in [9.17, 15) is 9.59 Å². The van der Waals surface area contributed by atoms with Gasteiger partial charge in [-0.2, -0.15) is 0 Å². The minimum absolute atomic E-state index is 0.173. The molecule has 0 aliphatic heterocycles. The van der Waals surface area contributed by atoms with Crippen molar-refractivity contribution in [2.45, 2.75) is 0 Å². The van der Waals surface area contributed by atoms with Crippen molar-refractivity contribution in [2.75, 3.05) is 19.0 Å². The molecule has 2 aromatic rings. The third kappa shape index (κ3) is 4.07. The molecule has 0 radical (unpaired) electrons. The van der Waals surface area contributed by atoms with Crippen molar-refractivity contribution in [1.82, 2.24) is 0 Å². The number of carbonyl (C=O) groups excluding carboxylic acids is 2. The minimum atomic E-state index is -0.292. The van der Waals surface area contributed by atoms with E-state index in [1.807, 2.05) is 18.2 Å². The number of para-hydroxylation sites is 1. The van der Waals surface area contributed by atoms with E-state index < -0.39 is 0 Å². The lowest BCUT2D eigenvalue weighted by atomic mass is 10.2. The van der Waals surface area contributed by atoms with E-state index in [0.717, 1.165) is 0 Å². The molecule has 21 heavy (non-hydrogen) atoms. The fraction of sp³-hybridized carbons (Fsp3) is 0.125. The molecule has 1 amide bonds. The van der Waals surface area contributed by atoms with Gasteiger partial charge in [-0.15, -0.1) is 0 Å². The third-order valence-electron chi connectivity index (χ3n) is 2.74.